The van der Waals surface area contributed by atoms with E-state index in [1.54, 1.807) is 20.3 Å². The molecule has 0 spiro atoms. The number of allylic oxidation sites excluding steroid dienone is 7. The van der Waals surface area contributed by atoms with E-state index >= 15 is 0 Å². The van der Waals surface area contributed by atoms with Crippen molar-refractivity contribution in [2.45, 2.75) is 20.3 Å². The monoisotopic (exact) mass is 482 g/mol. The molecule has 0 amide bonds. The topological polar surface area (TPSA) is 90.7 Å². The van der Waals surface area contributed by atoms with Gasteiger partial charge in [-0.15, -0.1) is 0 Å². The van der Waals surface area contributed by atoms with Gasteiger partial charge in [-0.3, -0.25) is 5.84 Å². The van der Waals surface area contributed by atoms with Crippen molar-refractivity contribution in [3.05, 3.63) is 94.9 Å². The predicted molar refractivity (Wildman–Crippen MR) is 141 cm³/mol. The van der Waals surface area contributed by atoms with Crippen LogP contribution in [0.5, 0.6) is 11.5 Å². The highest BCUT2D eigenvalue weighted by atomic mass is 32.2. The van der Waals surface area contributed by atoms with Gasteiger partial charge in [-0.1, -0.05) is 37.3 Å². The molecule has 3 rings (SSSR count). The molecule has 0 saturated carbocycles. The quantitative estimate of drug-likeness (QED) is 0.323. The number of hydrogen-bond acceptors (Lipinski definition) is 6. The minimum absolute atomic E-state index is 0.352. The Morgan fingerprint density at radius 1 is 1.00 bits per heavy atom. The van der Waals surface area contributed by atoms with E-state index in [1.165, 1.54) is 6.26 Å². The molecule has 1 aliphatic carbocycles. The molecule has 0 bridgehead atoms. The number of benzene rings is 2. The molecule has 1 unspecified atom stereocenters. The Labute approximate surface area is 203 Å². The number of methoxy groups -OCH3 is 2. The Kier molecular flexibility index (Phi) is 10.2. The number of hydrogen-bond donors (Lipinski definition) is 2. The molecule has 2 aromatic rings. The highest BCUT2D eigenvalue weighted by Crippen LogP contribution is 2.24. The van der Waals surface area contributed by atoms with Crippen LogP contribution in [0.1, 0.15) is 31.4 Å². The summed E-state index contributed by atoms with van der Waals surface area (Å²) in [4.78, 5) is 0.549. The van der Waals surface area contributed by atoms with Crippen molar-refractivity contribution in [3.63, 3.8) is 0 Å². The summed E-state index contributed by atoms with van der Waals surface area (Å²) in [6.07, 6.45) is 11.5. The second kappa shape index (κ2) is 12.8. The van der Waals surface area contributed by atoms with Crippen LogP contribution in [0.2, 0.25) is 0 Å². The average Bonchev–Trinajstić information content (AvgIpc) is 2.85. The van der Waals surface area contributed by atoms with Gasteiger partial charge in [-0.25, -0.2) is 8.42 Å². The zero-order valence-corrected chi connectivity index (χ0v) is 21.2. The smallest absolute Gasteiger partial charge is 0.171 e. The molecule has 7 heteroatoms. The van der Waals surface area contributed by atoms with E-state index in [1.807, 2.05) is 86.7 Å². The van der Waals surface area contributed by atoms with E-state index in [-0.39, 0.29) is 0 Å². The minimum Gasteiger partial charge on any atom is -0.497 e. The zero-order chi connectivity index (χ0) is 25.1. The molecule has 0 aromatic heterocycles. The maximum absolute atomic E-state index is 11.0. The summed E-state index contributed by atoms with van der Waals surface area (Å²) in [6, 6.07) is 15.7. The van der Waals surface area contributed by atoms with Crippen molar-refractivity contribution in [2.24, 2.45) is 11.8 Å². The van der Waals surface area contributed by atoms with Gasteiger partial charge in [0, 0.05) is 11.2 Å². The molecule has 34 heavy (non-hydrogen) atoms. The highest BCUT2D eigenvalue weighted by molar-refractivity contribution is 7.94. The van der Waals surface area contributed by atoms with Crippen LogP contribution >= 0.6 is 0 Å². The number of sulfone groups is 1. The molecule has 0 heterocycles. The third-order valence-corrected chi connectivity index (χ3v) is 6.57. The summed E-state index contributed by atoms with van der Waals surface area (Å²) in [5.74, 6) is 7.70. The lowest BCUT2D eigenvalue weighted by Gasteiger charge is -2.11. The lowest BCUT2D eigenvalue weighted by Crippen LogP contribution is -2.20. The Morgan fingerprint density at radius 2 is 1.53 bits per heavy atom. The molecule has 0 aliphatic heterocycles. The lowest BCUT2D eigenvalue weighted by molar-refractivity contribution is 0.414. The summed E-state index contributed by atoms with van der Waals surface area (Å²) in [5, 5.41) is 0. The zero-order valence-electron chi connectivity index (χ0n) is 20.4. The Balaban J connectivity index is 0.000000310. The van der Waals surface area contributed by atoms with Gasteiger partial charge in [0.1, 0.15) is 11.5 Å². The molecular weight excluding hydrogens is 448 g/mol. The first-order chi connectivity index (χ1) is 16.2. The maximum Gasteiger partial charge on any atom is 0.171 e. The van der Waals surface area contributed by atoms with Gasteiger partial charge in [0.05, 0.1) is 19.9 Å². The molecule has 182 valence electrons. The molecule has 0 radical (unpaired) electrons. The van der Waals surface area contributed by atoms with E-state index < -0.39 is 9.84 Å². The van der Waals surface area contributed by atoms with E-state index in [0.29, 0.717) is 17.2 Å². The third kappa shape index (κ3) is 7.93. The van der Waals surface area contributed by atoms with Crippen LogP contribution in [-0.2, 0) is 9.84 Å². The minimum atomic E-state index is -2.95. The first-order valence-corrected chi connectivity index (χ1v) is 12.8. The van der Waals surface area contributed by atoms with Gasteiger partial charge in [-0.2, -0.15) is 0 Å². The second-order valence-electron chi connectivity index (χ2n) is 7.87. The molecule has 1 atom stereocenters. The maximum atomic E-state index is 11.0. The van der Waals surface area contributed by atoms with Crippen LogP contribution < -0.4 is 20.7 Å². The van der Waals surface area contributed by atoms with Crippen molar-refractivity contribution >= 4 is 21.1 Å². The van der Waals surface area contributed by atoms with Gasteiger partial charge in [0.2, 0.25) is 0 Å². The van der Waals surface area contributed by atoms with Gasteiger partial charge in [0.15, 0.2) is 9.84 Å². The number of nitrogens with two attached hydrogens (primary N) is 1. The van der Waals surface area contributed by atoms with Crippen LogP contribution in [0.4, 0.5) is 0 Å². The molecule has 0 fully saturated rings. The molecular formula is C27H34N2O4S. The fourth-order valence-corrected chi connectivity index (χ4v) is 4.22. The normalized spacial score (nSPS) is 16.2. The van der Waals surface area contributed by atoms with Crippen molar-refractivity contribution < 1.29 is 17.9 Å². The molecule has 0 saturated heterocycles. The largest absolute Gasteiger partial charge is 0.497 e. The molecule has 6 nitrogen and oxygen atoms in total. The highest BCUT2D eigenvalue weighted by Gasteiger charge is 2.15. The lowest BCUT2D eigenvalue weighted by atomic mass is 10.0. The molecule has 1 aliphatic rings. The van der Waals surface area contributed by atoms with Crippen LogP contribution in [0.3, 0.4) is 0 Å². The number of nitrogens with one attached hydrogen (secondary N) is 1. The van der Waals surface area contributed by atoms with Crippen LogP contribution in [0, 0.1) is 5.92 Å². The van der Waals surface area contributed by atoms with Crippen molar-refractivity contribution in [2.75, 3.05) is 20.5 Å². The second-order valence-corrected chi connectivity index (χ2v) is 9.94. The fraction of sp³-hybridized carbons (Fsp3) is 0.259. The number of ether oxygens (including phenoxy) is 2. The van der Waals surface area contributed by atoms with Crippen LogP contribution in [-0.4, -0.2) is 28.9 Å². The van der Waals surface area contributed by atoms with Crippen LogP contribution in [0.15, 0.2) is 83.8 Å². The van der Waals surface area contributed by atoms with E-state index in [2.05, 4.69) is 5.43 Å². The van der Waals surface area contributed by atoms with E-state index in [0.717, 1.165) is 33.9 Å². The summed E-state index contributed by atoms with van der Waals surface area (Å²) in [6.45, 7) is 4.01. The first kappa shape index (κ1) is 27.0. The predicted octanol–water partition coefficient (Wildman–Crippen LogP) is 5.12. The summed E-state index contributed by atoms with van der Waals surface area (Å²) < 4.78 is 32.4. The summed E-state index contributed by atoms with van der Waals surface area (Å²) in [7, 11) is 0.357. The SMILES string of the molecule is C/C=C(\C=C(/NN)c1ccc(OC)cc1)c1ccc(OC)cc1.CC1C=CC=C(S(C)(=O)=O)C1. The molecule has 2 aromatic carbocycles. The van der Waals surface area contributed by atoms with Crippen molar-refractivity contribution in [1.82, 2.24) is 5.43 Å². The Hall–Kier alpha value is -3.29. The molecule has 3 N–H and O–H groups in total. The average molecular weight is 483 g/mol. The van der Waals surface area contributed by atoms with E-state index in [9.17, 15) is 8.42 Å². The van der Waals surface area contributed by atoms with E-state index in [4.69, 9.17) is 15.3 Å². The standard InChI is InChI=1S/C19H22N2O2.C8H12O2S/c1-4-14(15-5-9-17(22-2)10-6-15)13-19(21-20)16-7-11-18(23-3)12-8-16;1-7-4-3-5-8(6-7)11(2,9)10/h4-13,21H,20H2,1-3H3;3-5,7H,6H2,1-2H3/b14-4+,19-13-;. The van der Waals surface area contributed by atoms with Crippen LogP contribution in [0.25, 0.3) is 11.3 Å². The third-order valence-electron chi connectivity index (χ3n) is 5.31. The number of rotatable bonds is 7. The Bertz CT molecular complexity index is 1160. The number of hydrazine groups is 1. The fourth-order valence-electron chi connectivity index (χ4n) is 3.33. The van der Waals surface area contributed by atoms with Crippen molar-refractivity contribution in [1.29, 1.82) is 0 Å². The van der Waals surface area contributed by atoms with Gasteiger partial charge in [-0.05, 0) is 84.5 Å². The van der Waals surface area contributed by atoms with Gasteiger partial charge in [0.25, 0.3) is 0 Å². The first-order valence-electron chi connectivity index (χ1n) is 10.9. The van der Waals surface area contributed by atoms with Crippen molar-refractivity contribution in [3.8, 4) is 11.5 Å². The summed E-state index contributed by atoms with van der Waals surface area (Å²) in [5.41, 5.74) is 6.74. The summed E-state index contributed by atoms with van der Waals surface area (Å²) >= 11 is 0. The van der Waals surface area contributed by atoms with Gasteiger partial charge < -0.3 is 14.9 Å². The Morgan fingerprint density at radius 3 is 1.91 bits per heavy atom. The van der Waals surface area contributed by atoms with Gasteiger partial charge >= 0.3 is 0 Å².